The van der Waals surface area contributed by atoms with Crippen LogP contribution < -0.4 is 0 Å². The maximum absolute atomic E-state index is 2.40. The van der Waals surface area contributed by atoms with Gasteiger partial charge in [-0.05, 0) is 61.2 Å². The number of allylic oxidation sites excluding steroid dienone is 8. The number of rotatable bonds is 0. The first-order valence-electron chi connectivity index (χ1n) is 8.42. The Hall–Kier alpha value is -1.04. The van der Waals surface area contributed by atoms with Gasteiger partial charge in [0.05, 0.1) is 0 Å². The molecule has 6 unspecified atom stereocenters. The zero-order valence-corrected chi connectivity index (χ0v) is 12.9. The fraction of sp³-hybridized carbons (Fsp3) is 0.600. The summed E-state index contributed by atoms with van der Waals surface area (Å²) < 4.78 is 0. The van der Waals surface area contributed by atoms with Gasteiger partial charge in [-0.15, -0.1) is 0 Å². The Kier molecular flexibility index (Phi) is 4.29. The molecule has 0 fully saturated rings. The SMILES string of the molecule is CC1C=CCC2C=CCC12.CC1C=CCC2CC=CC12. The highest BCUT2D eigenvalue weighted by molar-refractivity contribution is 5.12. The van der Waals surface area contributed by atoms with E-state index in [4.69, 9.17) is 0 Å². The highest BCUT2D eigenvalue weighted by atomic mass is 14.3. The van der Waals surface area contributed by atoms with Crippen molar-refractivity contribution in [2.45, 2.75) is 39.5 Å². The third-order valence-corrected chi connectivity index (χ3v) is 5.69. The molecular formula is C20H28. The first kappa shape index (κ1) is 13.9. The van der Waals surface area contributed by atoms with E-state index < -0.39 is 0 Å². The molecule has 0 aromatic carbocycles. The molecule has 0 heterocycles. The van der Waals surface area contributed by atoms with Gasteiger partial charge in [-0.25, -0.2) is 0 Å². The second-order valence-corrected chi connectivity index (χ2v) is 7.04. The molecule has 4 aliphatic carbocycles. The Bertz CT molecular complexity index is 437. The first-order valence-corrected chi connectivity index (χ1v) is 8.42. The van der Waals surface area contributed by atoms with Crippen molar-refractivity contribution in [3.05, 3.63) is 48.6 Å². The van der Waals surface area contributed by atoms with Crippen LogP contribution in [0.4, 0.5) is 0 Å². The standard InChI is InChI=1S/2C10H14/c2*1-8-4-2-5-9-6-3-7-10(8)9/h2-4,7-10H,5-6H2,1H3;2-4,6,8-10H,5,7H2,1H3. The summed E-state index contributed by atoms with van der Waals surface area (Å²) in [5.41, 5.74) is 0. The van der Waals surface area contributed by atoms with Crippen LogP contribution in [0.2, 0.25) is 0 Å². The van der Waals surface area contributed by atoms with Crippen molar-refractivity contribution in [1.82, 2.24) is 0 Å². The van der Waals surface area contributed by atoms with Gasteiger partial charge in [0.1, 0.15) is 0 Å². The van der Waals surface area contributed by atoms with Crippen LogP contribution in [0.1, 0.15) is 39.5 Å². The Morgan fingerprint density at radius 2 is 1.30 bits per heavy atom. The monoisotopic (exact) mass is 268 g/mol. The third kappa shape index (κ3) is 2.85. The van der Waals surface area contributed by atoms with Gasteiger partial charge in [-0.2, -0.15) is 0 Å². The normalized spacial score (nSPS) is 43.9. The molecule has 0 aliphatic heterocycles. The van der Waals surface area contributed by atoms with E-state index in [0.717, 1.165) is 35.5 Å². The highest BCUT2D eigenvalue weighted by Crippen LogP contribution is 2.38. The summed E-state index contributed by atoms with van der Waals surface area (Å²) in [7, 11) is 0. The third-order valence-electron chi connectivity index (χ3n) is 5.69. The van der Waals surface area contributed by atoms with E-state index >= 15 is 0 Å². The Morgan fingerprint density at radius 1 is 0.650 bits per heavy atom. The molecule has 20 heavy (non-hydrogen) atoms. The molecule has 0 amide bonds. The molecule has 0 heteroatoms. The maximum atomic E-state index is 2.40. The van der Waals surface area contributed by atoms with Crippen LogP contribution in [0.3, 0.4) is 0 Å². The van der Waals surface area contributed by atoms with Crippen molar-refractivity contribution in [2.75, 3.05) is 0 Å². The lowest BCUT2D eigenvalue weighted by Gasteiger charge is -2.26. The van der Waals surface area contributed by atoms with Crippen molar-refractivity contribution in [2.24, 2.45) is 35.5 Å². The predicted octanol–water partition coefficient (Wildman–Crippen LogP) is 5.55. The molecule has 0 bridgehead atoms. The van der Waals surface area contributed by atoms with Gasteiger partial charge in [0.25, 0.3) is 0 Å². The fourth-order valence-electron chi connectivity index (χ4n) is 4.36. The average Bonchev–Trinajstić information content (AvgIpc) is 3.08. The summed E-state index contributed by atoms with van der Waals surface area (Å²) in [4.78, 5) is 0. The number of fused-ring (bicyclic) bond motifs is 2. The van der Waals surface area contributed by atoms with Gasteiger partial charge in [0.15, 0.2) is 0 Å². The largest absolute Gasteiger partial charge is 0.0879 e. The smallest absolute Gasteiger partial charge is 0.0139 e. The first-order chi connectivity index (χ1) is 9.75. The van der Waals surface area contributed by atoms with Gasteiger partial charge in [-0.1, -0.05) is 62.5 Å². The van der Waals surface area contributed by atoms with Gasteiger partial charge in [0, 0.05) is 0 Å². The molecule has 0 nitrogen and oxygen atoms in total. The summed E-state index contributed by atoms with van der Waals surface area (Å²) in [6.07, 6.45) is 24.1. The second-order valence-electron chi connectivity index (χ2n) is 7.04. The number of hydrogen-bond donors (Lipinski definition) is 0. The minimum Gasteiger partial charge on any atom is -0.0879 e. The van der Waals surface area contributed by atoms with Crippen LogP contribution >= 0.6 is 0 Å². The summed E-state index contributed by atoms with van der Waals surface area (Å²) in [6, 6.07) is 0. The Morgan fingerprint density at radius 3 is 2.05 bits per heavy atom. The van der Waals surface area contributed by atoms with E-state index in [1.54, 1.807) is 0 Å². The zero-order chi connectivity index (χ0) is 13.9. The van der Waals surface area contributed by atoms with Crippen LogP contribution in [0.25, 0.3) is 0 Å². The Labute approximate surface area is 124 Å². The summed E-state index contributed by atoms with van der Waals surface area (Å²) >= 11 is 0. The molecule has 0 spiro atoms. The van der Waals surface area contributed by atoms with Crippen molar-refractivity contribution in [1.29, 1.82) is 0 Å². The van der Waals surface area contributed by atoms with Crippen LogP contribution in [0.15, 0.2) is 48.6 Å². The molecular weight excluding hydrogens is 240 g/mol. The minimum atomic E-state index is 0.789. The van der Waals surface area contributed by atoms with Crippen LogP contribution in [0.5, 0.6) is 0 Å². The topological polar surface area (TPSA) is 0 Å². The Balaban J connectivity index is 0.000000121. The van der Waals surface area contributed by atoms with E-state index in [1.165, 1.54) is 25.7 Å². The van der Waals surface area contributed by atoms with Gasteiger partial charge < -0.3 is 0 Å². The molecule has 108 valence electrons. The lowest BCUT2D eigenvalue weighted by Crippen LogP contribution is -2.18. The maximum Gasteiger partial charge on any atom is -0.0139 e. The zero-order valence-electron chi connectivity index (χ0n) is 12.9. The molecule has 0 saturated carbocycles. The minimum absolute atomic E-state index is 0.789. The van der Waals surface area contributed by atoms with E-state index in [-0.39, 0.29) is 0 Å². The molecule has 4 aliphatic rings. The molecule has 0 radical (unpaired) electrons. The van der Waals surface area contributed by atoms with Crippen molar-refractivity contribution in [3.63, 3.8) is 0 Å². The second kappa shape index (κ2) is 6.16. The van der Waals surface area contributed by atoms with Crippen LogP contribution in [0, 0.1) is 35.5 Å². The molecule has 0 N–H and O–H groups in total. The van der Waals surface area contributed by atoms with Crippen molar-refractivity contribution in [3.8, 4) is 0 Å². The van der Waals surface area contributed by atoms with E-state index in [1.807, 2.05) is 0 Å². The van der Waals surface area contributed by atoms with E-state index in [9.17, 15) is 0 Å². The highest BCUT2D eigenvalue weighted by Gasteiger charge is 2.28. The predicted molar refractivity (Wildman–Crippen MR) is 87.3 cm³/mol. The van der Waals surface area contributed by atoms with Gasteiger partial charge in [0.2, 0.25) is 0 Å². The fourth-order valence-corrected chi connectivity index (χ4v) is 4.36. The molecule has 0 aromatic rings. The van der Waals surface area contributed by atoms with E-state index in [2.05, 4.69) is 62.5 Å². The lowest BCUT2D eigenvalue weighted by molar-refractivity contribution is 0.330. The quantitative estimate of drug-likeness (QED) is 0.505. The van der Waals surface area contributed by atoms with Gasteiger partial charge in [-0.3, -0.25) is 0 Å². The molecule has 0 aromatic heterocycles. The molecule has 6 atom stereocenters. The molecule has 0 saturated heterocycles. The molecule has 4 rings (SSSR count). The summed E-state index contributed by atoms with van der Waals surface area (Å²) in [6.45, 7) is 4.66. The number of hydrogen-bond acceptors (Lipinski definition) is 0. The van der Waals surface area contributed by atoms with Gasteiger partial charge >= 0.3 is 0 Å². The average molecular weight is 268 g/mol. The van der Waals surface area contributed by atoms with Crippen molar-refractivity contribution < 1.29 is 0 Å². The lowest BCUT2D eigenvalue weighted by atomic mass is 9.79. The van der Waals surface area contributed by atoms with Crippen LogP contribution in [-0.2, 0) is 0 Å². The summed E-state index contributed by atoms with van der Waals surface area (Å²) in [5.74, 6) is 5.22. The van der Waals surface area contributed by atoms with Crippen molar-refractivity contribution >= 4 is 0 Å². The van der Waals surface area contributed by atoms with E-state index in [0.29, 0.717) is 0 Å². The summed E-state index contributed by atoms with van der Waals surface area (Å²) in [5, 5.41) is 0. The van der Waals surface area contributed by atoms with Crippen LogP contribution in [-0.4, -0.2) is 0 Å².